The summed E-state index contributed by atoms with van der Waals surface area (Å²) in [5.41, 5.74) is 2.22. The van der Waals surface area contributed by atoms with Crippen LogP contribution in [-0.4, -0.2) is 24.7 Å². The third kappa shape index (κ3) is 2.74. The maximum absolute atomic E-state index is 5.82. The third-order valence-electron chi connectivity index (χ3n) is 3.16. The van der Waals surface area contributed by atoms with Crippen molar-refractivity contribution in [3.8, 4) is 10.6 Å². The normalized spacial score (nSPS) is 19.6. The first-order chi connectivity index (χ1) is 9.25. The number of nitrogens with zero attached hydrogens (tertiary/aromatic N) is 1. The van der Waals surface area contributed by atoms with E-state index >= 15 is 0 Å². The van der Waals surface area contributed by atoms with Crippen molar-refractivity contribution >= 4 is 27.3 Å². The summed E-state index contributed by atoms with van der Waals surface area (Å²) >= 11 is 5.31. The van der Waals surface area contributed by atoms with Crippen LogP contribution in [-0.2, 0) is 4.74 Å². The van der Waals surface area contributed by atoms with E-state index in [0.29, 0.717) is 0 Å². The zero-order valence-electron chi connectivity index (χ0n) is 10.6. The van der Waals surface area contributed by atoms with Gasteiger partial charge in [-0.2, -0.15) is 0 Å². The summed E-state index contributed by atoms with van der Waals surface area (Å²) in [5.74, 6) is 0. The molecule has 3 rings (SSSR count). The molecule has 1 aliphatic rings. The number of benzene rings is 1. The molecule has 2 aromatic rings. The van der Waals surface area contributed by atoms with E-state index in [0.717, 1.165) is 40.4 Å². The van der Waals surface area contributed by atoms with Crippen molar-refractivity contribution in [2.24, 2.45) is 0 Å². The van der Waals surface area contributed by atoms with E-state index in [9.17, 15) is 0 Å². The predicted octanol–water partition coefficient (Wildman–Crippen LogP) is 3.54. The van der Waals surface area contributed by atoms with Crippen LogP contribution in [0, 0.1) is 6.92 Å². The first-order valence-corrected chi connectivity index (χ1v) is 7.91. The van der Waals surface area contributed by atoms with Crippen LogP contribution < -0.4 is 5.32 Å². The van der Waals surface area contributed by atoms with Gasteiger partial charge in [-0.05, 0) is 13.0 Å². The highest BCUT2D eigenvalue weighted by atomic mass is 79.9. The highest BCUT2D eigenvalue weighted by Gasteiger charge is 2.22. The number of thiazole rings is 1. The molecule has 1 atom stereocenters. The van der Waals surface area contributed by atoms with Gasteiger partial charge in [0.25, 0.3) is 0 Å². The Morgan fingerprint density at radius 3 is 3.00 bits per heavy atom. The van der Waals surface area contributed by atoms with Crippen LogP contribution in [0.3, 0.4) is 0 Å². The summed E-state index contributed by atoms with van der Waals surface area (Å²) in [6, 6.07) is 8.19. The summed E-state index contributed by atoms with van der Waals surface area (Å²) in [6.07, 6.45) is 0.141. The van der Waals surface area contributed by atoms with Gasteiger partial charge in [-0.1, -0.05) is 34.1 Å². The number of aryl methyl sites for hydroxylation is 1. The molecule has 1 aliphatic heterocycles. The molecular weight excluding hydrogens is 324 g/mol. The van der Waals surface area contributed by atoms with E-state index in [-0.39, 0.29) is 6.10 Å². The number of ether oxygens (including phenoxy) is 1. The highest BCUT2D eigenvalue weighted by Crippen LogP contribution is 2.36. The van der Waals surface area contributed by atoms with Crippen LogP contribution in [0.5, 0.6) is 0 Å². The molecule has 0 amide bonds. The molecule has 100 valence electrons. The highest BCUT2D eigenvalue weighted by molar-refractivity contribution is 9.10. The average Bonchev–Trinajstić information content (AvgIpc) is 2.82. The van der Waals surface area contributed by atoms with Gasteiger partial charge in [0, 0.05) is 23.1 Å². The van der Waals surface area contributed by atoms with Gasteiger partial charge in [-0.15, -0.1) is 11.3 Å². The van der Waals surface area contributed by atoms with Crippen molar-refractivity contribution in [1.82, 2.24) is 10.3 Å². The van der Waals surface area contributed by atoms with Crippen LogP contribution in [0.2, 0.25) is 0 Å². The van der Waals surface area contributed by atoms with Crippen molar-refractivity contribution in [3.05, 3.63) is 39.3 Å². The zero-order chi connectivity index (χ0) is 13.2. The van der Waals surface area contributed by atoms with Gasteiger partial charge in [-0.3, -0.25) is 0 Å². The molecule has 3 nitrogen and oxygen atoms in total. The Kier molecular flexibility index (Phi) is 3.98. The quantitative estimate of drug-likeness (QED) is 0.909. The maximum atomic E-state index is 5.82. The number of hydrogen-bond acceptors (Lipinski definition) is 4. The number of halogens is 1. The Labute approximate surface area is 125 Å². The summed E-state index contributed by atoms with van der Waals surface area (Å²) in [4.78, 5) is 5.93. The van der Waals surface area contributed by atoms with Crippen molar-refractivity contribution in [2.45, 2.75) is 13.0 Å². The first-order valence-electron chi connectivity index (χ1n) is 6.30. The Balaban J connectivity index is 1.95. The van der Waals surface area contributed by atoms with Gasteiger partial charge < -0.3 is 10.1 Å². The summed E-state index contributed by atoms with van der Waals surface area (Å²) in [7, 11) is 0. The minimum atomic E-state index is 0.141. The monoisotopic (exact) mass is 338 g/mol. The molecule has 0 bridgehead atoms. The second kappa shape index (κ2) is 5.71. The van der Waals surface area contributed by atoms with Gasteiger partial charge in [0.05, 0.1) is 17.2 Å². The fourth-order valence-electron chi connectivity index (χ4n) is 2.19. The van der Waals surface area contributed by atoms with E-state index in [1.807, 2.05) is 18.2 Å². The maximum Gasteiger partial charge on any atom is 0.125 e. The zero-order valence-corrected chi connectivity index (χ0v) is 13.1. The average molecular weight is 339 g/mol. The van der Waals surface area contributed by atoms with Crippen LogP contribution in [0.15, 0.2) is 28.7 Å². The molecule has 0 radical (unpaired) electrons. The molecule has 0 aliphatic carbocycles. The Morgan fingerprint density at radius 2 is 2.26 bits per heavy atom. The first kappa shape index (κ1) is 13.2. The van der Waals surface area contributed by atoms with Crippen molar-refractivity contribution in [3.63, 3.8) is 0 Å². The molecule has 0 saturated carbocycles. The lowest BCUT2D eigenvalue weighted by Crippen LogP contribution is -2.33. The number of rotatable bonds is 2. The van der Waals surface area contributed by atoms with Crippen molar-refractivity contribution in [1.29, 1.82) is 0 Å². The number of aromatic nitrogens is 1. The molecule has 2 heterocycles. The van der Waals surface area contributed by atoms with E-state index in [2.05, 4.69) is 34.2 Å². The fourth-order valence-corrected chi connectivity index (χ4v) is 3.95. The van der Waals surface area contributed by atoms with Crippen LogP contribution in [0.1, 0.15) is 16.7 Å². The van der Waals surface area contributed by atoms with Gasteiger partial charge in [0.2, 0.25) is 0 Å². The summed E-state index contributed by atoms with van der Waals surface area (Å²) in [6.45, 7) is 4.64. The summed E-state index contributed by atoms with van der Waals surface area (Å²) < 4.78 is 6.90. The lowest BCUT2D eigenvalue weighted by atomic mass is 10.2. The van der Waals surface area contributed by atoms with Crippen LogP contribution >= 0.6 is 27.3 Å². The largest absolute Gasteiger partial charge is 0.370 e. The van der Waals surface area contributed by atoms with Gasteiger partial charge in [-0.25, -0.2) is 4.98 Å². The lowest BCUT2D eigenvalue weighted by molar-refractivity contribution is 0.0295. The Bertz CT molecular complexity index is 579. The molecule has 1 N–H and O–H groups in total. The smallest absolute Gasteiger partial charge is 0.125 e. The molecule has 0 spiro atoms. The minimum Gasteiger partial charge on any atom is -0.370 e. The number of morpholine rings is 1. The molecule has 1 aromatic carbocycles. The van der Waals surface area contributed by atoms with Gasteiger partial charge >= 0.3 is 0 Å². The molecule has 1 unspecified atom stereocenters. The second-order valence-corrected chi connectivity index (χ2v) is 6.40. The van der Waals surface area contributed by atoms with E-state index in [1.165, 1.54) is 4.88 Å². The van der Waals surface area contributed by atoms with Crippen molar-refractivity contribution in [2.75, 3.05) is 19.7 Å². The Hall–Kier alpha value is -0.750. The predicted molar refractivity (Wildman–Crippen MR) is 81.5 cm³/mol. The molecule has 1 fully saturated rings. The van der Waals surface area contributed by atoms with Crippen molar-refractivity contribution < 1.29 is 4.74 Å². The van der Waals surface area contributed by atoms with Gasteiger partial charge in [0.1, 0.15) is 11.1 Å². The standard InChI is InChI=1S/C14H15BrN2OS/c1-9-13(12-8-16-6-7-18-12)19-14(17-9)10-4-2-3-5-11(10)15/h2-5,12,16H,6-8H2,1H3. The minimum absolute atomic E-state index is 0.141. The molecular formula is C14H15BrN2OS. The second-order valence-electron chi connectivity index (χ2n) is 4.51. The SMILES string of the molecule is Cc1nc(-c2ccccc2Br)sc1C1CNCCO1. The molecule has 19 heavy (non-hydrogen) atoms. The molecule has 1 aromatic heterocycles. The summed E-state index contributed by atoms with van der Waals surface area (Å²) in [5, 5.41) is 4.42. The molecule has 5 heteroatoms. The third-order valence-corrected chi connectivity index (χ3v) is 5.13. The Morgan fingerprint density at radius 1 is 1.42 bits per heavy atom. The van der Waals surface area contributed by atoms with E-state index < -0.39 is 0 Å². The number of hydrogen-bond donors (Lipinski definition) is 1. The number of nitrogens with one attached hydrogen (secondary N) is 1. The van der Waals surface area contributed by atoms with Gasteiger partial charge in [0.15, 0.2) is 0 Å². The van der Waals surface area contributed by atoms with E-state index in [1.54, 1.807) is 11.3 Å². The lowest BCUT2D eigenvalue weighted by Gasteiger charge is -2.22. The topological polar surface area (TPSA) is 34.2 Å². The fraction of sp³-hybridized carbons (Fsp3) is 0.357. The van der Waals surface area contributed by atoms with Crippen LogP contribution in [0.4, 0.5) is 0 Å². The molecule has 1 saturated heterocycles. The van der Waals surface area contributed by atoms with Crippen LogP contribution in [0.25, 0.3) is 10.6 Å². The van der Waals surface area contributed by atoms with E-state index in [4.69, 9.17) is 9.72 Å².